The highest BCUT2D eigenvalue weighted by molar-refractivity contribution is 6.31. The molecule has 1 aromatic carbocycles. The van der Waals surface area contributed by atoms with Crippen molar-refractivity contribution in [3.8, 4) is 0 Å². The number of benzene rings is 1. The molecule has 1 aromatic heterocycles. The van der Waals surface area contributed by atoms with Gasteiger partial charge in [0, 0.05) is 36.2 Å². The van der Waals surface area contributed by atoms with Crippen LogP contribution in [0.3, 0.4) is 0 Å². The minimum atomic E-state index is -0.233. The molecule has 0 aliphatic carbocycles. The number of anilines is 2. The van der Waals surface area contributed by atoms with Gasteiger partial charge >= 0.3 is 0 Å². The van der Waals surface area contributed by atoms with Crippen molar-refractivity contribution in [2.45, 2.75) is 6.92 Å². The van der Waals surface area contributed by atoms with Crippen molar-refractivity contribution in [1.82, 2.24) is 10.3 Å². The minimum absolute atomic E-state index is 0.233. The van der Waals surface area contributed by atoms with Crippen molar-refractivity contribution in [1.29, 1.82) is 0 Å². The van der Waals surface area contributed by atoms with Crippen molar-refractivity contribution in [3.63, 3.8) is 0 Å². The second-order valence-electron chi connectivity index (χ2n) is 4.72. The summed E-state index contributed by atoms with van der Waals surface area (Å²) in [5, 5.41) is 6.67. The summed E-state index contributed by atoms with van der Waals surface area (Å²) in [5.41, 5.74) is 2.97. The summed E-state index contributed by atoms with van der Waals surface area (Å²) in [6.07, 6.45) is 1.59. The second-order valence-corrected chi connectivity index (χ2v) is 5.12. The van der Waals surface area contributed by atoms with E-state index in [4.69, 9.17) is 16.3 Å². The van der Waals surface area contributed by atoms with E-state index in [1.54, 1.807) is 25.4 Å². The molecule has 0 aliphatic heterocycles. The molecule has 0 saturated heterocycles. The monoisotopic (exact) mass is 319 g/mol. The Hall–Kier alpha value is -2.11. The topological polar surface area (TPSA) is 63.2 Å². The van der Waals surface area contributed by atoms with E-state index in [9.17, 15) is 4.79 Å². The summed E-state index contributed by atoms with van der Waals surface area (Å²) in [4.78, 5) is 16.0. The first-order chi connectivity index (χ1) is 10.6. The first-order valence-electron chi connectivity index (χ1n) is 6.87. The Bertz CT molecular complexity index is 662. The van der Waals surface area contributed by atoms with Crippen LogP contribution in [-0.2, 0) is 4.74 Å². The number of halogens is 1. The molecule has 116 valence electrons. The highest BCUT2D eigenvalue weighted by Crippen LogP contribution is 2.26. The Morgan fingerprint density at radius 1 is 1.36 bits per heavy atom. The van der Waals surface area contributed by atoms with E-state index < -0.39 is 0 Å². The van der Waals surface area contributed by atoms with Gasteiger partial charge in [0.15, 0.2) is 0 Å². The summed E-state index contributed by atoms with van der Waals surface area (Å²) >= 11 is 6.10. The molecule has 0 bridgehead atoms. The third kappa shape index (κ3) is 4.19. The quantitative estimate of drug-likeness (QED) is 0.803. The maximum atomic E-state index is 12.0. The third-order valence-corrected chi connectivity index (χ3v) is 3.54. The molecular weight excluding hydrogens is 302 g/mol. The van der Waals surface area contributed by atoms with Crippen LogP contribution in [0, 0.1) is 6.92 Å². The van der Waals surface area contributed by atoms with Crippen LogP contribution in [0.5, 0.6) is 0 Å². The predicted molar refractivity (Wildman–Crippen MR) is 87.9 cm³/mol. The molecule has 0 aliphatic rings. The Morgan fingerprint density at radius 2 is 2.18 bits per heavy atom. The maximum Gasteiger partial charge on any atom is 0.270 e. The van der Waals surface area contributed by atoms with Gasteiger partial charge in [0.1, 0.15) is 5.69 Å². The van der Waals surface area contributed by atoms with E-state index in [2.05, 4.69) is 15.6 Å². The summed E-state index contributed by atoms with van der Waals surface area (Å²) in [6, 6.07) is 9.13. The zero-order valence-electron chi connectivity index (χ0n) is 12.5. The van der Waals surface area contributed by atoms with Gasteiger partial charge in [-0.1, -0.05) is 17.7 Å². The molecule has 2 aromatic rings. The number of carbonyl (C=O) groups excluding carboxylic acids is 1. The Kier molecular flexibility index (Phi) is 5.75. The van der Waals surface area contributed by atoms with Crippen LogP contribution in [0.15, 0.2) is 36.5 Å². The average molecular weight is 320 g/mol. The number of rotatable bonds is 6. The Labute approximate surface area is 134 Å². The molecule has 1 amide bonds. The fourth-order valence-corrected chi connectivity index (χ4v) is 2.06. The first-order valence-corrected chi connectivity index (χ1v) is 7.25. The number of nitrogens with one attached hydrogen (secondary N) is 2. The SMILES string of the molecule is COCCNC(=O)c1cc(Nc2cccc(Cl)c2C)ccn1. The number of nitrogens with zero attached hydrogens (tertiary/aromatic N) is 1. The van der Waals surface area contributed by atoms with Crippen molar-refractivity contribution >= 4 is 28.9 Å². The van der Waals surface area contributed by atoms with Crippen LogP contribution in [0.1, 0.15) is 16.1 Å². The molecule has 1 heterocycles. The number of pyridine rings is 1. The lowest BCUT2D eigenvalue weighted by Crippen LogP contribution is -2.27. The van der Waals surface area contributed by atoms with E-state index in [1.165, 1.54) is 0 Å². The van der Waals surface area contributed by atoms with Gasteiger partial charge in [0.2, 0.25) is 0 Å². The molecule has 0 spiro atoms. The normalized spacial score (nSPS) is 10.3. The van der Waals surface area contributed by atoms with E-state index in [1.807, 2.05) is 25.1 Å². The average Bonchev–Trinajstić information content (AvgIpc) is 2.52. The van der Waals surface area contributed by atoms with E-state index in [0.29, 0.717) is 23.9 Å². The minimum Gasteiger partial charge on any atom is -0.383 e. The van der Waals surface area contributed by atoms with Crippen LogP contribution in [0.4, 0.5) is 11.4 Å². The molecule has 2 rings (SSSR count). The zero-order chi connectivity index (χ0) is 15.9. The fourth-order valence-electron chi connectivity index (χ4n) is 1.89. The number of carbonyl (C=O) groups is 1. The van der Waals surface area contributed by atoms with Gasteiger partial charge < -0.3 is 15.4 Å². The number of aromatic nitrogens is 1. The lowest BCUT2D eigenvalue weighted by Gasteiger charge is -2.11. The molecule has 0 unspecified atom stereocenters. The second kappa shape index (κ2) is 7.77. The molecule has 0 fully saturated rings. The highest BCUT2D eigenvalue weighted by atomic mass is 35.5. The Balaban J connectivity index is 2.11. The number of hydrogen-bond donors (Lipinski definition) is 2. The number of methoxy groups -OCH3 is 1. The van der Waals surface area contributed by atoms with Crippen molar-refractivity contribution in [3.05, 3.63) is 52.8 Å². The lowest BCUT2D eigenvalue weighted by atomic mass is 10.2. The van der Waals surface area contributed by atoms with E-state index in [0.717, 1.165) is 16.9 Å². The van der Waals surface area contributed by atoms with Crippen LogP contribution in [0.2, 0.25) is 5.02 Å². The standard InChI is InChI=1S/C16H18ClN3O2/c1-11-13(17)4-3-5-14(11)20-12-6-7-18-15(10-12)16(21)19-8-9-22-2/h3-7,10H,8-9H2,1-2H3,(H,18,20)(H,19,21). The molecule has 6 heteroatoms. The van der Waals surface area contributed by atoms with Crippen LogP contribution in [0.25, 0.3) is 0 Å². The molecule has 22 heavy (non-hydrogen) atoms. The van der Waals surface area contributed by atoms with Gasteiger partial charge in [-0.2, -0.15) is 0 Å². The molecule has 0 radical (unpaired) electrons. The molecule has 2 N–H and O–H groups in total. The van der Waals surface area contributed by atoms with Crippen molar-refractivity contribution < 1.29 is 9.53 Å². The molecule has 0 atom stereocenters. The summed E-state index contributed by atoms with van der Waals surface area (Å²) in [6.45, 7) is 2.84. The van der Waals surface area contributed by atoms with Gasteiger partial charge in [0.05, 0.1) is 6.61 Å². The predicted octanol–water partition coefficient (Wildman–Crippen LogP) is 3.16. The third-order valence-electron chi connectivity index (χ3n) is 3.13. The van der Waals surface area contributed by atoms with Crippen molar-refractivity contribution in [2.24, 2.45) is 0 Å². The lowest BCUT2D eigenvalue weighted by molar-refractivity contribution is 0.0932. The van der Waals surface area contributed by atoms with Crippen LogP contribution < -0.4 is 10.6 Å². The van der Waals surface area contributed by atoms with Crippen molar-refractivity contribution in [2.75, 3.05) is 25.6 Å². The first kappa shape index (κ1) is 16.3. The fraction of sp³-hybridized carbons (Fsp3) is 0.250. The zero-order valence-corrected chi connectivity index (χ0v) is 13.3. The van der Waals surface area contributed by atoms with E-state index in [-0.39, 0.29) is 5.91 Å². The van der Waals surface area contributed by atoms with E-state index >= 15 is 0 Å². The van der Waals surface area contributed by atoms with Crippen LogP contribution in [-0.4, -0.2) is 31.2 Å². The number of ether oxygens (including phenoxy) is 1. The summed E-state index contributed by atoms with van der Waals surface area (Å²) in [7, 11) is 1.59. The summed E-state index contributed by atoms with van der Waals surface area (Å²) < 4.78 is 4.90. The van der Waals surface area contributed by atoms with Gasteiger partial charge in [-0.25, -0.2) is 0 Å². The molecule has 0 saturated carbocycles. The Morgan fingerprint density at radius 3 is 2.95 bits per heavy atom. The molecule has 5 nitrogen and oxygen atoms in total. The highest BCUT2D eigenvalue weighted by Gasteiger charge is 2.08. The maximum absolute atomic E-state index is 12.0. The number of hydrogen-bond acceptors (Lipinski definition) is 4. The number of amides is 1. The smallest absolute Gasteiger partial charge is 0.270 e. The van der Waals surface area contributed by atoms with Gasteiger partial charge in [-0.15, -0.1) is 0 Å². The largest absolute Gasteiger partial charge is 0.383 e. The van der Waals surface area contributed by atoms with Gasteiger partial charge in [-0.05, 0) is 36.8 Å². The van der Waals surface area contributed by atoms with Gasteiger partial charge in [-0.3, -0.25) is 9.78 Å². The molecular formula is C16H18ClN3O2. The van der Waals surface area contributed by atoms with Gasteiger partial charge in [0.25, 0.3) is 5.91 Å². The summed E-state index contributed by atoms with van der Waals surface area (Å²) in [5.74, 6) is -0.233. The van der Waals surface area contributed by atoms with Crippen LogP contribution >= 0.6 is 11.6 Å².